The zero-order chi connectivity index (χ0) is 22.0. The van der Waals surface area contributed by atoms with E-state index in [1.165, 1.54) is 0 Å². The summed E-state index contributed by atoms with van der Waals surface area (Å²) in [6.07, 6.45) is 1.76. The fraction of sp³-hybridized carbons (Fsp3) is 0.375. The minimum absolute atomic E-state index is 0.0166. The molecule has 3 heterocycles. The van der Waals surface area contributed by atoms with E-state index in [0.29, 0.717) is 6.42 Å². The summed E-state index contributed by atoms with van der Waals surface area (Å²) in [5, 5.41) is 10.1. The highest BCUT2D eigenvalue weighted by atomic mass is 32.1. The molecule has 0 spiro atoms. The second-order valence-electron chi connectivity index (χ2n) is 8.11. The summed E-state index contributed by atoms with van der Waals surface area (Å²) >= 11 is 3.21. The highest BCUT2D eigenvalue weighted by Gasteiger charge is 2.37. The molecule has 5 nitrogen and oxygen atoms in total. The predicted molar refractivity (Wildman–Crippen MR) is 128 cm³/mol. The van der Waals surface area contributed by atoms with E-state index < -0.39 is 0 Å². The van der Waals surface area contributed by atoms with Gasteiger partial charge in [0.15, 0.2) is 0 Å². The van der Waals surface area contributed by atoms with Crippen molar-refractivity contribution in [2.24, 2.45) is 0 Å². The van der Waals surface area contributed by atoms with E-state index in [1.807, 2.05) is 59.8 Å². The van der Waals surface area contributed by atoms with E-state index >= 15 is 0 Å². The fourth-order valence-corrected chi connectivity index (χ4v) is 5.57. The van der Waals surface area contributed by atoms with Crippen LogP contribution in [0.25, 0.3) is 10.6 Å². The number of aromatic nitrogens is 1. The lowest BCUT2D eigenvalue weighted by Gasteiger charge is -2.39. The van der Waals surface area contributed by atoms with Crippen LogP contribution < -0.4 is 10.2 Å². The average molecular weight is 454 g/mol. The van der Waals surface area contributed by atoms with Gasteiger partial charge in [-0.15, -0.1) is 11.3 Å². The topological polar surface area (TPSA) is 62.3 Å². The van der Waals surface area contributed by atoms with Gasteiger partial charge >= 0.3 is 0 Å². The highest BCUT2D eigenvalue weighted by molar-refractivity contribution is 7.14. The van der Waals surface area contributed by atoms with Crippen LogP contribution in [0.2, 0.25) is 0 Å². The monoisotopic (exact) mass is 453 g/mol. The fourth-order valence-electron chi connectivity index (χ4n) is 4.03. The third kappa shape index (κ3) is 4.57. The van der Waals surface area contributed by atoms with Crippen LogP contribution in [0.5, 0.6) is 0 Å². The summed E-state index contributed by atoms with van der Waals surface area (Å²) in [7, 11) is 0. The molecule has 1 aliphatic heterocycles. The molecule has 0 saturated carbocycles. The van der Waals surface area contributed by atoms with Crippen molar-refractivity contribution in [2.75, 3.05) is 4.90 Å². The first-order valence-corrected chi connectivity index (χ1v) is 12.5. The van der Waals surface area contributed by atoms with Gasteiger partial charge in [-0.1, -0.05) is 25.1 Å². The molecule has 0 unspecified atom stereocenters. The van der Waals surface area contributed by atoms with Gasteiger partial charge in [-0.25, -0.2) is 4.98 Å². The van der Waals surface area contributed by atoms with Crippen LogP contribution in [0.3, 0.4) is 0 Å². The van der Waals surface area contributed by atoms with Crippen molar-refractivity contribution in [3.63, 3.8) is 0 Å². The summed E-state index contributed by atoms with van der Waals surface area (Å²) in [6, 6.07) is 9.90. The van der Waals surface area contributed by atoms with E-state index in [4.69, 9.17) is 0 Å². The maximum atomic E-state index is 13.3. The van der Waals surface area contributed by atoms with Gasteiger partial charge in [-0.05, 0) is 49.8 Å². The lowest BCUT2D eigenvalue weighted by atomic mass is 9.85. The number of anilines is 1. The number of thiazole rings is 1. The molecule has 0 saturated heterocycles. The predicted octanol–water partition coefficient (Wildman–Crippen LogP) is 5.24. The molecular formula is C24H27N3O2S2. The van der Waals surface area contributed by atoms with Crippen LogP contribution in [0.15, 0.2) is 46.5 Å². The Balaban J connectivity index is 1.56. The Labute approximate surface area is 191 Å². The molecular weight excluding hydrogens is 426 g/mol. The van der Waals surface area contributed by atoms with Crippen molar-refractivity contribution in [1.82, 2.24) is 10.3 Å². The Morgan fingerprint density at radius 1 is 1.26 bits per heavy atom. The molecule has 1 aromatic carbocycles. The Morgan fingerprint density at radius 2 is 2.06 bits per heavy atom. The Bertz CT molecular complexity index is 1060. The maximum Gasteiger partial charge on any atom is 0.233 e. The van der Waals surface area contributed by atoms with Crippen LogP contribution in [-0.4, -0.2) is 28.9 Å². The van der Waals surface area contributed by atoms with Crippen LogP contribution in [0, 0.1) is 0 Å². The number of fused-ring (bicyclic) bond motifs is 1. The van der Waals surface area contributed by atoms with Crippen molar-refractivity contribution < 1.29 is 9.59 Å². The summed E-state index contributed by atoms with van der Waals surface area (Å²) < 4.78 is 0. The van der Waals surface area contributed by atoms with Gasteiger partial charge in [0.2, 0.25) is 11.8 Å². The minimum atomic E-state index is -0.242. The standard InChI is InChI=1S/C24H27N3O2S2/c1-4-15(2)25-23(29)20-11-16(3)27(21-8-6-5-7-19(20)21)22(28)12-18-14-31-24(26-18)17-9-10-30-13-17/h5-10,13-16,20H,4,11-12H2,1-3H3,(H,25,29)/t15-,16+,20-/m1/s1. The number of nitrogens with one attached hydrogen (secondary N) is 1. The number of benzene rings is 1. The summed E-state index contributed by atoms with van der Waals surface area (Å²) in [5.41, 5.74) is 3.65. The van der Waals surface area contributed by atoms with Gasteiger partial charge in [0, 0.05) is 34.1 Å². The number of carbonyl (C=O) groups is 2. The van der Waals surface area contributed by atoms with E-state index in [0.717, 1.165) is 33.9 Å². The van der Waals surface area contributed by atoms with Gasteiger partial charge in [0.05, 0.1) is 18.0 Å². The van der Waals surface area contributed by atoms with Crippen LogP contribution >= 0.6 is 22.7 Å². The van der Waals surface area contributed by atoms with Gasteiger partial charge in [0.25, 0.3) is 0 Å². The van der Waals surface area contributed by atoms with Crippen LogP contribution in [0.1, 0.15) is 50.8 Å². The first-order chi connectivity index (χ1) is 15.0. The number of hydrogen-bond donors (Lipinski definition) is 1. The zero-order valence-electron chi connectivity index (χ0n) is 18.0. The Hall–Kier alpha value is -2.51. The van der Waals surface area contributed by atoms with Crippen molar-refractivity contribution in [3.05, 3.63) is 57.7 Å². The summed E-state index contributed by atoms with van der Waals surface area (Å²) in [5.74, 6) is -0.183. The van der Waals surface area contributed by atoms with E-state index in [1.54, 1.807) is 22.7 Å². The Kier molecular flexibility index (Phi) is 6.53. The molecule has 162 valence electrons. The maximum absolute atomic E-state index is 13.3. The second kappa shape index (κ2) is 9.32. The van der Waals surface area contributed by atoms with Gasteiger partial charge in [-0.2, -0.15) is 11.3 Å². The molecule has 3 aromatic rings. The number of hydrogen-bond acceptors (Lipinski definition) is 5. The second-order valence-corrected chi connectivity index (χ2v) is 9.75. The number of carbonyl (C=O) groups excluding carboxylic acids is 2. The van der Waals surface area contributed by atoms with Crippen molar-refractivity contribution in [3.8, 4) is 10.6 Å². The van der Waals surface area contributed by atoms with Crippen LogP contribution in [-0.2, 0) is 16.0 Å². The van der Waals surface area contributed by atoms with Gasteiger partial charge in [0.1, 0.15) is 5.01 Å². The molecule has 4 rings (SSSR count). The van der Waals surface area contributed by atoms with Gasteiger partial charge in [-0.3, -0.25) is 9.59 Å². The molecule has 1 aliphatic rings. The molecule has 0 radical (unpaired) electrons. The number of thiophene rings is 1. The van der Waals surface area contributed by atoms with Crippen molar-refractivity contribution in [1.29, 1.82) is 0 Å². The molecule has 0 bridgehead atoms. The van der Waals surface area contributed by atoms with E-state index in [2.05, 4.69) is 22.6 Å². The van der Waals surface area contributed by atoms with E-state index in [9.17, 15) is 9.59 Å². The Morgan fingerprint density at radius 3 is 2.81 bits per heavy atom. The molecule has 3 atom stereocenters. The van der Waals surface area contributed by atoms with Crippen molar-refractivity contribution >= 4 is 40.2 Å². The highest BCUT2D eigenvalue weighted by Crippen LogP contribution is 2.39. The summed E-state index contributed by atoms with van der Waals surface area (Å²) in [4.78, 5) is 32.8. The van der Waals surface area contributed by atoms with Gasteiger partial charge < -0.3 is 10.2 Å². The normalized spacial score (nSPS) is 19.0. The molecule has 2 amide bonds. The lowest BCUT2D eigenvalue weighted by Crippen LogP contribution is -2.47. The first kappa shape index (κ1) is 21.7. The number of amides is 2. The number of para-hydroxylation sites is 1. The minimum Gasteiger partial charge on any atom is -0.353 e. The van der Waals surface area contributed by atoms with Crippen LogP contribution in [0.4, 0.5) is 5.69 Å². The molecule has 0 fully saturated rings. The average Bonchev–Trinajstić information content (AvgIpc) is 3.44. The van der Waals surface area contributed by atoms with Crippen molar-refractivity contribution in [2.45, 2.75) is 58.0 Å². The SMILES string of the molecule is CC[C@@H](C)NC(=O)[C@@H]1C[C@H](C)N(C(=O)Cc2csc(-c3ccsc3)n2)c2ccccc21. The smallest absolute Gasteiger partial charge is 0.233 e. The summed E-state index contributed by atoms with van der Waals surface area (Å²) in [6.45, 7) is 6.10. The third-order valence-corrected chi connectivity index (χ3v) is 7.45. The molecule has 2 aromatic heterocycles. The molecule has 0 aliphatic carbocycles. The number of rotatable bonds is 6. The lowest BCUT2D eigenvalue weighted by molar-refractivity contribution is -0.124. The quantitative estimate of drug-likeness (QED) is 0.555. The zero-order valence-corrected chi connectivity index (χ0v) is 19.6. The molecule has 7 heteroatoms. The largest absolute Gasteiger partial charge is 0.353 e. The molecule has 31 heavy (non-hydrogen) atoms. The first-order valence-electron chi connectivity index (χ1n) is 10.7. The number of nitrogens with zero attached hydrogens (tertiary/aromatic N) is 2. The third-order valence-electron chi connectivity index (χ3n) is 5.83. The molecule has 1 N–H and O–H groups in total. The van der Waals surface area contributed by atoms with E-state index in [-0.39, 0.29) is 36.2 Å².